The van der Waals surface area contributed by atoms with Gasteiger partial charge >= 0.3 is 12.3 Å². The lowest BCUT2D eigenvalue weighted by Gasteiger charge is -2.11. The number of esters is 1. The largest absolute Gasteiger partial charge is 0.461 e. The SMILES string of the molecule is CCOC(=O)C(F)Oc1cc(Cl)ccc1Cl. The molecule has 0 fully saturated rings. The number of carbonyl (C=O) groups is 1. The zero-order valence-corrected chi connectivity index (χ0v) is 9.89. The first kappa shape index (κ1) is 13.1. The first-order chi connectivity index (χ1) is 7.54. The van der Waals surface area contributed by atoms with Gasteiger partial charge in [-0.2, -0.15) is 4.39 Å². The van der Waals surface area contributed by atoms with E-state index in [1.54, 1.807) is 6.92 Å². The molecule has 6 heteroatoms. The molecule has 0 spiro atoms. The average Bonchev–Trinajstić information content (AvgIpc) is 2.23. The number of ether oxygens (including phenoxy) is 2. The van der Waals surface area contributed by atoms with Crippen LogP contribution in [0.3, 0.4) is 0 Å². The zero-order chi connectivity index (χ0) is 12.1. The van der Waals surface area contributed by atoms with Gasteiger partial charge in [0, 0.05) is 11.1 Å². The molecule has 0 saturated heterocycles. The molecule has 0 heterocycles. The van der Waals surface area contributed by atoms with Crippen molar-refractivity contribution in [2.75, 3.05) is 6.61 Å². The van der Waals surface area contributed by atoms with Gasteiger partial charge in [-0.1, -0.05) is 23.2 Å². The van der Waals surface area contributed by atoms with Gasteiger partial charge < -0.3 is 9.47 Å². The van der Waals surface area contributed by atoms with Crippen LogP contribution in [0.4, 0.5) is 4.39 Å². The highest BCUT2D eigenvalue weighted by atomic mass is 35.5. The number of halogens is 3. The van der Waals surface area contributed by atoms with Gasteiger partial charge in [0.05, 0.1) is 11.6 Å². The molecule has 0 bridgehead atoms. The molecule has 0 radical (unpaired) electrons. The second kappa shape index (κ2) is 5.92. The lowest BCUT2D eigenvalue weighted by Crippen LogP contribution is -2.24. The molecule has 1 aromatic carbocycles. The molecule has 0 saturated carbocycles. The van der Waals surface area contributed by atoms with Gasteiger partial charge in [0.15, 0.2) is 0 Å². The molecule has 0 aliphatic carbocycles. The van der Waals surface area contributed by atoms with E-state index in [4.69, 9.17) is 23.2 Å². The van der Waals surface area contributed by atoms with E-state index in [2.05, 4.69) is 9.47 Å². The van der Waals surface area contributed by atoms with Crippen LogP contribution in [-0.4, -0.2) is 18.9 Å². The first-order valence-electron chi connectivity index (χ1n) is 4.47. The normalized spacial score (nSPS) is 12.0. The van der Waals surface area contributed by atoms with Crippen LogP contribution in [0.15, 0.2) is 18.2 Å². The van der Waals surface area contributed by atoms with Crippen LogP contribution >= 0.6 is 23.2 Å². The average molecular weight is 267 g/mol. The predicted octanol–water partition coefficient (Wildman–Crippen LogP) is 3.23. The maximum absolute atomic E-state index is 13.2. The summed E-state index contributed by atoms with van der Waals surface area (Å²) in [4.78, 5) is 10.9. The summed E-state index contributed by atoms with van der Waals surface area (Å²) in [5, 5.41) is 0.492. The summed E-state index contributed by atoms with van der Waals surface area (Å²) < 4.78 is 22.3. The number of hydrogen-bond acceptors (Lipinski definition) is 3. The molecular formula is C10H9Cl2FO3. The van der Waals surface area contributed by atoms with Crippen LogP contribution in [-0.2, 0) is 9.53 Å². The fourth-order valence-corrected chi connectivity index (χ4v) is 1.26. The smallest absolute Gasteiger partial charge is 0.381 e. The van der Waals surface area contributed by atoms with Crippen molar-refractivity contribution >= 4 is 29.2 Å². The van der Waals surface area contributed by atoms with E-state index < -0.39 is 12.3 Å². The Morgan fingerprint density at radius 1 is 1.50 bits per heavy atom. The number of benzene rings is 1. The van der Waals surface area contributed by atoms with E-state index in [1.807, 2.05) is 0 Å². The molecule has 88 valence electrons. The van der Waals surface area contributed by atoms with Gasteiger partial charge in [-0.25, -0.2) is 4.79 Å². The van der Waals surface area contributed by atoms with Crippen LogP contribution in [0.1, 0.15) is 6.92 Å². The fourth-order valence-electron chi connectivity index (χ4n) is 0.935. The highest BCUT2D eigenvalue weighted by molar-refractivity contribution is 6.34. The second-order valence-electron chi connectivity index (χ2n) is 2.76. The van der Waals surface area contributed by atoms with Crippen LogP contribution < -0.4 is 4.74 Å². The van der Waals surface area contributed by atoms with Gasteiger partial charge in [0.25, 0.3) is 0 Å². The highest BCUT2D eigenvalue weighted by Gasteiger charge is 2.21. The molecule has 0 aromatic heterocycles. The number of carbonyl (C=O) groups excluding carboxylic acids is 1. The second-order valence-corrected chi connectivity index (χ2v) is 3.60. The first-order valence-corrected chi connectivity index (χ1v) is 5.22. The third-order valence-corrected chi connectivity index (χ3v) is 2.14. The maximum Gasteiger partial charge on any atom is 0.381 e. The van der Waals surface area contributed by atoms with E-state index in [9.17, 15) is 9.18 Å². The van der Waals surface area contributed by atoms with Crippen LogP contribution in [0.2, 0.25) is 10.0 Å². The highest BCUT2D eigenvalue weighted by Crippen LogP contribution is 2.28. The van der Waals surface area contributed by atoms with E-state index in [1.165, 1.54) is 18.2 Å². The van der Waals surface area contributed by atoms with E-state index >= 15 is 0 Å². The zero-order valence-electron chi connectivity index (χ0n) is 8.38. The minimum Gasteiger partial charge on any atom is -0.461 e. The molecule has 1 unspecified atom stereocenters. The van der Waals surface area contributed by atoms with E-state index in [0.717, 1.165) is 0 Å². The van der Waals surface area contributed by atoms with Crippen molar-refractivity contribution in [2.45, 2.75) is 13.3 Å². The maximum atomic E-state index is 13.2. The van der Waals surface area contributed by atoms with Crippen molar-refractivity contribution in [2.24, 2.45) is 0 Å². The molecule has 1 rings (SSSR count). The Balaban J connectivity index is 2.72. The van der Waals surface area contributed by atoms with E-state index in [-0.39, 0.29) is 17.4 Å². The molecule has 16 heavy (non-hydrogen) atoms. The van der Waals surface area contributed by atoms with Crippen LogP contribution in [0, 0.1) is 0 Å². The molecule has 0 aliphatic heterocycles. The van der Waals surface area contributed by atoms with Crippen molar-refractivity contribution in [3.05, 3.63) is 28.2 Å². The molecule has 0 N–H and O–H groups in total. The lowest BCUT2D eigenvalue weighted by atomic mass is 10.3. The van der Waals surface area contributed by atoms with Gasteiger partial charge in [0.2, 0.25) is 0 Å². The molecule has 1 atom stereocenters. The third-order valence-electron chi connectivity index (χ3n) is 1.60. The molecule has 1 aromatic rings. The summed E-state index contributed by atoms with van der Waals surface area (Å²) in [7, 11) is 0. The topological polar surface area (TPSA) is 35.5 Å². The Morgan fingerprint density at radius 3 is 2.81 bits per heavy atom. The van der Waals surface area contributed by atoms with Gasteiger partial charge in [-0.05, 0) is 19.1 Å². The molecule has 0 amide bonds. The molecular weight excluding hydrogens is 258 g/mol. The monoisotopic (exact) mass is 266 g/mol. The van der Waals surface area contributed by atoms with Crippen molar-refractivity contribution in [3.63, 3.8) is 0 Å². The van der Waals surface area contributed by atoms with Crippen molar-refractivity contribution < 1.29 is 18.7 Å². The summed E-state index contributed by atoms with van der Waals surface area (Å²) in [5.41, 5.74) is 0. The molecule has 3 nitrogen and oxygen atoms in total. The quantitative estimate of drug-likeness (QED) is 0.785. The van der Waals surface area contributed by atoms with Gasteiger partial charge in [-0.3, -0.25) is 0 Å². The summed E-state index contributed by atoms with van der Waals surface area (Å²) in [6.07, 6.45) is -2.21. The Kier molecular flexibility index (Phi) is 4.83. The summed E-state index contributed by atoms with van der Waals surface area (Å²) in [6.45, 7) is 1.64. The van der Waals surface area contributed by atoms with Crippen LogP contribution in [0.25, 0.3) is 0 Å². The minimum absolute atomic E-state index is 0.00489. The van der Waals surface area contributed by atoms with Crippen LogP contribution in [0.5, 0.6) is 5.75 Å². The van der Waals surface area contributed by atoms with Crippen molar-refractivity contribution in [1.29, 1.82) is 0 Å². The number of alkyl halides is 1. The number of hydrogen-bond donors (Lipinski definition) is 0. The summed E-state index contributed by atoms with van der Waals surface area (Å²) in [6, 6.07) is 4.28. The van der Waals surface area contributed by atoms with E-state index in [0.29, 0.717) is 5.02 Å². The minimum atomic E-state index is -2.21. The Bertz CT molecular complexity index is 384. The standard InChI is InChI=1S/C10H9Cl2FO3/c1-2-15-10(14)9(13)16-8-5-6(11)3-4-7(8)12/h3-5,9H,2H2,1H3. The van der Waals surface area contributed by atoms with Gasteiger partial charge in [0.1, 0.15) is 5.75 Å². The van der Waals surface area contributed by atoms with Gasteiger partial charge in [-0.15, -0.1) is 0 Å². The predicted molar refractivity (Wildman–Crippen MR) is 58.6 cm³/mol. The third kappa shape index (κ3) is 3.54. The fraction of sp³-hybridized carbons (Fsp3) is 0.300. The lowest BCUT2D eigenvalue weighted by molar-refractivity contribution is -0.159. The Labute approximate surface area is 102 Å². The Hall–Kier alpha value is -1.000. The van der Waals surface area contributed by atoms with Crippen molar-refractivity contribution in [1.82, 2.24) is 0 Å². The summed E-state index contributed by atoms with van der Waals surface area (Å²) >= 11 is 11.4. The Morgan fingerprint density at radius 2 is 2.19 bits per heavy atom. The van der Waals surface area contributed by atoms with Crippen molar-refractivity contribution in [3.8, 4) is 5.75 Å². The molecule has 0 aliphatic rings. The summed E-state index contributed by atoms with van der Waals surface area (Å²) in [5.74, 6) is -1.10. The number of rotatable bonds is 4.